The van der Waals surface area contributed by atoms with E-state index >= 15 is 0 Å². The molecule has 0 atom stereocenters. The van der Waals surface area contributed by atoms with Crippen molar-refractivity contribution < 1.29 is 17.6 Å². The van der Waals surface area contributed by atoms with E-state index in [-0.39, 0.29) is 28.2 Å². The highest BCUT2D eigenvalue weighted by molar-refractivity contribution is 5.57. The first-order valence-electron chi connectivity index (χ1n) is 10.7. The number of hydrogen-bond acceptors (Lipinski definition) is 0. The van der Waals surface area contributed by atoms with E-state index in [1.807, 2.05) is 0 Å². The Hall–Kier alpha value is -2.88. The third-order valence-electron chi connectivity index (χ3n) is 5.79. The summed E-state index contributed by atoms with van der Waals surface area (Å²) in [6.45, 7) is 17.8. The molecule has 4 heteroatoms. The summed E-state index contributed by atoms with van der Waals surface area (Å²) >= 11 is 0. The van der Waals surface area contributed by atoms with Crippen LogP contribution in [0.25, 0.3) is 6.08 Å². The number of rotatable bonds is 8. The van der Waals surface area contributed by atoms with Crippen LogP contribution in [-0.4, -0.2) is 0 Å². The highest BCUT2D eigenvalue weighted by Crippen LogP contribution is 2.37. The lowest BCUT2D eigenvalue weighted by atomic mass is 9.79. The first-order chi connectivity index (χ1) is 15.0. The van der Waals surface area contributed by atoms with Gasteiger partial charge in [-0.1, -0.05) is 82.5 Å². The van der Waals surface area contributed by atoms with E-state index in [0.29, 0.717) is 17.1 Å². The van der Waals surface area contributed by atoms with E-state index in [2.05, 4.69) is 33.2 Å². The van der Waals surface area contributed by atoms with Crippen LogP contribution in [0.5, 0.6) is 0 Å². The van der Waals surface area contributed by atoms with Crippen LogP contribution in [0.15, 0.2) is 90.6 Å². The summed E-state index contributed by atoms with van der Waals surface area (Å²) in [6, 6.07) is 3.23. The first-order valence-corrected chi connectivity index (χ1v) is 10.7. The van der Waals surface area contributed by atoms with Gasteiger partial charge in [0.2, 0.25) is 0 Å². The van der Waals surface area contributed by atoms with Crippen molar-refractivity contribution >= 4 is 6.08 Å². The van der Waals surface area contributed by atoms with Gasteiger partial charge in [-0.15, -0.1) is 0 Å². The van der Waals surface area contributed by atoms with Crippen molar-refractivity contribution in [3.05, 3.63) is 113 Å². The van der Waals surface area contributed by atoms with Gasteiger partial charge >= 0.3 is 0 Å². The van der Waals surface area contributed by atoms with Crippen molar-refractivity contribution in [1.82, 2.24) is 0 Å². The zero-order valence-corrected chi connectivity index (χ0v) is 18.8. The van der Waals surface area contributed by atoms with Gasteiger partial charge in [-0.05, 0) is 53.9 Å². The minimum Gasteiger partial charge on any atom is -0.203 e. The van der Waals surface area contributed by atoms with E-state index in [1.165, 1.54) is 31.2 Å². The number of hydrogen-bond donors (Lipinski definition) is 0. The summed E-state index contributed by atoms with van der Waals surface area (Å²) < 4.78 is 56.9. The summed E-state index contributed by atoms with van der Waals surface area (Å²) in [7, 11) is 0. The molecule has 2 rings (SSSR count). The standard InChI is InChI=1S/C28H30F4/c1-17(2)25(29)26(30)21(6)20(5)11-7-18(3)10-14-23-15-16-24(28(32)27(23)31)22-12-8-19(4)9-13-22/h7,10-11,14-16,19,22H,1,3,5-6,8-9,12-13H2,2,4H3/b11-7-,14-10+,26-25-. The highest BCUT2D eigenvalue weighted by atomic mass is 19.2. The van der Waals surface area contributed by atoms with Gasteiger partial charge in [0.1, 0.15) is 0 Å². The zero-order chi connectivity index (χ0) is 24.0. The lowest BCUT2D eigenvalue weighted by Gasteiger charge is -2.27. The highest BCUT2D eigenvalue weighted by Gasteiger charge is 2.24. The normalized spacial score (nSPS) is 19.8. The molecule has 0 N–H and O–H groups in total. The number of benzene rings is 1. The van der Waals surface area contributed by atoms with Crippen LogP contribution in [0, 0.1) is 17.6 Å². The Balaban J connectivity index is 2.08. The van der Waals surface area contributed by atoms with Gasteiger partial charge in [0, 0.05) is 11.1 Å². The summed E-state index contributed by atoms with van der Waals surface area (Å²) in [6.07, 6.45) is 9.65. The third kappa shape index (κ3) is 6.32. The Morgan fingerprint density at radius 3 is 2.09 bits per heavy atom. The van der Waals surface area contributed by atoms with Crippen molar-refractivity contribution in [1.29, 1.82) is 0 Å². The zero-order valence-electron chi connectivity index (χ0n) is 18.8. The van der Waals surface area contributed by atoms with Crippen molar-refractivity contribution in [2.45, 2.75) is 45.4 Å². The van der Waals surface area contributed by atoms with Crippen molar-refractivity contribution in [2.75, 3.05) is 0 Å². The van der Waals surface area contributed by atoms with E-state index in [9.17, 15) is 17.6 Å². The summed E-state index contributed by atoms with van der Waals surface area (Å²) in [4.78, 5) is 0. The molecule has 1 aromatic carbocycles. The topological polar surface area (TPSA) is 0 Å². The summed E-state index contributed by atoms with van der Waals surface area (Å²) in [5.41, 5.74) is 0.888. The molecule has 1 aliphatic rings. The summed E-state index contributed by atoms with van der Waals surface area (Å²) in [5.74, 6) is -3.19. The Morgan fingerprint density at radius 2 is 1.50 bits per heavy atom. The molecule has 170 valence electrons. The SMILES string of the molecule is C=C(/C=C\C(=C)C(=C)/C(F)=C(/F)C(=C)C)/C=C/c1ccc(C2CCC(C)CC2)c(F)c1F. The fourth-order valence-corrected chi connectivity index (χ4v) is 3.62. The monoisotopic (exact) mass is 442 g/mol. The minimum atomic E-state index is -1.13. The van der Waals surface area contributed by atoms with Gasteiger partial charge in [0.15, 0.2) is 23.3 Å². The predicted octanol–water partition coefficient (Wildman–Crippen LogP) is 9.22. The molecule has 0 aromatic heterocycles. The van der Waals surface area contributed by atoms with Crippen LogP contribution in [0.2, 0.25) is 0 Å². The number of halogens is 4. The molecule has 0 spiro atoms. The molecular weight excluding hydrogens is 412 g/mol. The van der Waals surface area contributed by atoms with Gasteiger partial charge in [0.05, 0.1) is 0 Å². The van der Waals surface area contributed by atoms with Crippen LogP contribution in [-0.2, 0) is 0 Å². The van der Waals surface area contributed by atoms with Crippen LogP contribution in [0.1, 0.15) is 56.6 Å². The Labute approximate surface area is 188 Å². The Morgan fingerprint density at radius 1 is 0.875 bits per heavy atom. The Kier molecular flexibility index (Phi) is 8.82. The van der Waals surface area contributed by atoms with E-state index in [0.717, 1.165) is 25.7 Å². The second-order valence-corrected chi connectivity index (χ2v) is 8.48. The largest absolute Gasteiger partial charge is 0.203 e. The maximum absolute atomic E-state index is 14.7. The van der Waals surface area contributed by atoms with E-state index in [4.69, 9.17) is 0 Å². The van der Waals surface area contributed by atoms with Crippen LogP contribution in [0.4, 0.5) is 17.6 Å². The molecular formula is C28H30F4. The van der Waals surface area contributed by atoms with Gasteiger partial charge in [0.25, 0.3) is 0 Å². The molecule has 0 radical (unpaired) electrons. The second-order valence-electron chi connectivity index (χ2n) is 8.48. The Bertz CT molecular complexity index is 1010. The second kappa shape index (κ2) is 11.1. The average Bonchev–Trinajstić information content (AvgIpc) is 2.77. The van der Waals surface area contributed by atoms with E-state index < -0.39 is 23.3 Å². The molecule has 0 saturated heterocycles. The number of allylic oxidation sites excluding steroid dienone is 9. The molecule has 0 bridgehead atoms. The van der Waals surface area contributed by atoms with Crippen LogP contribution in [0.3, 0.4) is 0 Å². The molecule has 0 nitrogen and oxygen atoms in total. The van der Waals surface area contributed by atoms with Crippen molar-refractivity contribution in [2.24, 2.45) is 5.92 Å². The van der Waals surface area contributed by atoms with Gasteiger partial charge < -0.3 is 0 Å². The lowest BCUT2D eigenvalue weighted by Crippen LogP contribution is -2.13. The molecule has 1 fully saturated rings. The fraction of sp³-hybridized carbons (Fsp3) is 0.286. The van der Waals surface area contributed by atoms with Crippen molar-refractivity contribution in [3.8, 4) is 0 Å². The van der Waals surface area contributed by atoms with Crippen LogP contribution >= 0.6 is 0 Å². The maximum Gasteiger partial charge on any atom is 0.166 e. The molecule has 1 aromatic rings. The molecule has 1 saturated carbocycles. The molecule has 32 heavy (non-hydrogen) atoms. The fourth-order valence-electron chi connectivity index (χ4n) is 3.62. The van der Waals surface area contributed by atoms with Gasteiger partial charge in [-0.25, -0.2) is 17.6 Å². The smallest absolute Gasteiger partial charge is 0.166 e. The average molecular weight is 443 g/mol. The minimum absolute atomic E-state index is 0.0499. The maximum atomic E-state index is 14.7. The molecule has 0 amide bonds. The quantitative estimate of drug-likeness (QED) is 0.278. The molecule has 1 aliphatic carbocycles. The third-order valence-corrected chi connectivity index (χ3v) is 5.79. The predicted molar refractivity (Wildman–Crippen MR) is 126 cm³/mol. The lowest BCUT2D eigenvalue weighted by molar-refractivity contribution is 0.339. The molecule has 0 heterocycles. The molecule has 0 aliphatic heterocycles. The van der Waals surface area contributed by atoms with Gasteiger partial charge in [-0.2, -0.15) is 0 Å². The van der Waals surface area contributed by atoms with Gasteiger partial charge in [-0.3, -0.25) is 0 Å². The first kappa shape index (κ1) is 25.4. The van der Waals surface area contributed by atoms with Crippen molar-refractivity contribution in [3.63, 3.8) is 0 Å². The van der Waals surface area contributed by atoms with E-state index in [1.54, 1.807) is 12.1 Å². The molecule has 0 unspecified atom stereocenters. The summed E-state index contributed by atoms with van der Waals surface area (Å²) in [5, 5.41) is 0. The van der Waals surface area contributed by atoms with Crippen LogP contribution < -0.4 is 0 Å².